The summed E-state index contributed by atoms with van der Waals surface area (Å²) in [5, 5.41) is 14.7. The van der Waals surface area contributed by atoms with E-state index < -0.39 is 36.2 Å². The highest BCUT2D eigenvalue weighted by Crippen LogP contribution is 2.38. The van der Waals surface area contributed by atoms with Crippen molar-refractivity contribution in [1.82, 2.24) is 14.8 Å². The van der Waals surface area contributed by atoms with Crippen molar-refractivity contribution >= 4 is 23.4 Å². The maximum Gasteiger partial charge on any atom is 0.408 e. The van der Waals surface area contributed by atoms with E-state index in [1.54, 1.807) is 6.92 Å². The van der Waals surface area contributed by atoms with E-state index in [-0.39, 0.29) is 35.1 Å². The summed E-state index contributed by atoms with van der Waals surface area (Å²) in [5.41, 5.74) is -0.733. The highest BCUT2D eigenvalue weighted by Gasteiger charge is 2.38. The van der Waals surface area contributed by atoms with Crippen LogP contribution in [-0.4, -0.2) is 44.7 Å². The van der Waals surface area contributed by atoms with Crippen molar-refractivity contribution < 1.29 is 36.6 Å². The van der Waals surface area contributed by atoms with E-state index in [1.165, 1.54) is 6.92 Å². The molecule has 0 amide bonds. The van der Waals surface area contributed by atoms with Crippen LogP contribution in [0.2, 0.25) is 5.02 Å². The van der Waals surface area contributed by atoms with E-state index in [4.69, 9.17) is 16.7 Å². The van der Waals surface area contributed by atoms with E-state index in [9.17, 15) is 26.7 Å². The van der Waals surface area contributed by atoms with E-state index in [0.29, 0.717) is 0 Å². The number of alkyl halides is 5. The van der Waals surface area contributed by atoms with Gasteiger partial charge in [0.1, 0.15) is 22.6 Å². The number of nitrogens with zero attached hydrogens (tertiary/aromatic N) is 3. The normalized spacial score (nSPS) is 12.9. The summed E-state index contributed by atoms with van der Waals surface area (Å²) in [5.74, 6) is -2.34. The van der Waals surface area contributed by atoms with Gasteiger partial charge in [0.05, 0.1) is 11.3 Å². The van der Waals surface area contributed by atoms with Gasteiger partial charge in [0.15, 0.2) is 5.69 Å². The maximum absolute atomic E-state index is 13.0. The zero-order chi connectivity index (χ0) is 21.9. The predicted octanol–water partition coefficient (Wildman–Crippen LogP) is 4.67. The Bertz CT molecular complexity index is 888. The second kappa shape index (κ2) is 8.80. The second-order valence-corrected chi connectivity index (χ2v) is 6.10. The van der Waals surface area contributed by atoms with Crippen LogP contribution in [0.15, 0.2) is 12.3 Å². The van der Waals surface area contributed by atoms with Crippen molar-refractivity contribution in [3.05, 3.63) is 23.0 Å². The Morgan fingerprint density at radius 3 is 2.52 bits per heavy atom. The molecule has 1 unspecified atom stereocenters. The predicted molar refractivity (Wildman–Crippen MR) is 93.5 cm³/mol. The van der Waals surface area contributed by atoms with Gasteiger partial charge in [0.25, 0.3) is 0 Å². The van der Waals surface area contributed by atoms with Crippen molar-refractivity contribution in [3.63, 3.8) is 0 Å². The van der Waals surface area contributed by atoms with Crippen LogP contribution in [0.3, 0.4) is 0 Å². The van der Waals surface area contributed by atoms with Crippen LogP contribution in [0.5, 0.6) is 5.75 Å². The number of aryl methyl sites for hydroxylation is 1. The zero-order valence-corrected chi connectivity index (χ0v) is 15.9. The molecule has 2 aromatic heterocycles. The molecule has 0 spiro atoms. The number of anilines is 1. The van der Waals surface area contributed by atoms with Gasteiger partial charge < -0.3 is 15.2 Å². The van der Waals surface area contributed by atoms with Crippen LogP contribution in [0.25, 0.3) is 11.3 Å². The Kier molecular flexibility index (Phi) is 6.88. The first kappa shape index (κ1) is 22.7. The van der Waals surface area contributed by atoms with E-state index >= 15 is 0 Å². The molecule has 2 N–H and O–H groups in total. The molecular formula is C16H16ClF5N4O3. The number of halogens is 6. The molecule has 0 aliphatic heterocycles. The lowest BCUT2D eigenvalue weighted by Crippen LogP contribution is -2.35. The van der Waals surface area contributed by atoms with Crippen molar-refractivity contribution in [2.75, 3.05) is 5.32 Å². The molecule has 2 aromatic rings. The van der Waals surface area contributed by atoms with Crippen molar-refractivity contribution in [1.29, 1.82) is 0 Å². The lowest BCUT2D eigenvalue weighted by atomic mass is 10.1. The fourth-order valence-electron chi connectivity index (χ4n) is 2.54. The van der Waals surface area contributed by atoms with E-state index in [2.05, 4.69) is 20.1 Å². The molecule has 0 aliphatic carbocycles. The summed E-state index contributed by atoms with van der Waals surface area (Å²) in [6.45, 7) is -0.278. The monoisotopic (exact) mass is 442 g/mol. The van der Waals surface area contributed by atoms with Crippen LogP contribution in [0.1, 0.15) is 30.8 Å². The molecule has 160 valence electrons. The molecule has 2 heterocycles. The number of carbonyl (C=O) groups is 1. The minimum atomic E-state index is -4.58. The van der Waals surface area contributed by atoms with Gasteiger partial charge in [-0.25, -0.2) is 9.78 Å². The summed E-state index contributed by atoms with van der Waals surface area (Å²) < 4.78 is 70.2. The lowest BCUT2D eigenvalue weighted by molar-refractivity contribution is -0.142. The average molecular weight is 443 g/mol. The number of nitrogens with one attached hydrogen (secondary N) is 1. The third-order valence-corrected chi connectivity index (χ3v) is 4.22. The first-order valence-electron chi connectivity index (χ1n) is 8.27. The molecule has 7 nitrogen and oxygen atoms in total. The Hall–Kier alpha value is -2.63. The number of aromatic nitrogens is 3. The van der Waals surface area contributed by atoms with Crippen molar-refractivity contribution in [3.8, 4) is 17.0 Å². The summed E-state index contributed by atoms with van der Waals surface area (Å²) >= 11 is 6.05. The SMILES string of the molecule is CCC(Nc1cc(OC(F)F)c(-c2c(Cl)c(C(=O)O)nn2CC)cn1)C(F)(F)F. The number of pyridine rings is 1. The summed E-state index contributed by atoms with van der Waals surface area (Å²) in [4.78, 5) is 15.1. The van der Waals surface area contributed by atoms with Gasteiger partial charge in [-0.05, 0) is 13.3 Å². The van der Waals surface area contributed by atoms with E-state index in [1.807, 2.05) is 0 Å². The summed E-state index contributed by atoms with van der Waals surface area (Å²) in [6, 6.07) is -1.09. The van der Waals surface area contributed by atoms with Crippen LogP contribution in [0, 0.1) is 0 Å². The number of ether oxygens (including phenoxy) is 1. The Morgan fingerprint density at radius 2 is 2.03 bits per heavy atom. The third kappa shape index (κ3) is 5.05. The van der Waals surface area contributed by atoms with Crippen LogP contribution >= 0.6 is 11.6 Å². The summed E-state index contributed by atoms with van der Waals surface area (Å²) in [7, 11) is 0. The summed E-state index contributed by atoms with van der Waals surface area (Å²) in [6.07, 6.45) is -3.95. The van der Waals surface area contributed by atoms with Crippen molar-refractivity contribution in [2.45, 2.75) is 45.6 Å². The lowest BCUT2D eigenvalue weighted by Gasteiger charge is -2.21. The van der Waals surface area contributed by atoms with Gasteiger partial charge in [-0.15, -0.1) is 0 Å². The van der Waals surface area contributed by atoms with Gasteiger partial charge in [-0.1, -0.05) is 18.5 Å². The van der Waals surface area contributed by atoms with Crippen LogP contribution < -0.4 is 10.1 Å². The molecular weight excluding hydrogens is 427 g/mol. The molecule has 0 aliphatic rings. The molecule has 0 fully saturated rings. The van der Waals surface area contributed by atoms with Crippen molar-refractivity contribution in [2.24, 2.45) is 0 Å². The Labute approximate surface area is 166 Å². The van der Waals surface area contributed by atoms with Gasteiger partial charge >= 0.3 is 18.8 Å². The minimum absolute atomic E-state index is 0.0656. The smallest absolute Gasteiger partial charge is 0.408 e. The quantitative estimate of drug-likeness (QED) is 0.577. The molecule has 2 rings (SSSR count). The molecule has 0 saturated carbocycles. The molecule has 13 heteroatoms. The second-order valence-electron chi connectivity index (χ2n) is 5.72. The maximum atomic E-state index is 13.0. The highest BCUT2D eigenvalue weighted by molar-refractivity contribution is 6.35. The average Bonchev–Trinajstić information content (AvgIpc) is 2.95. The highest BCUT2D eigenvalue weighted by atomic mass is 35.5. The van der Waals surface area contributed by atoms with Crippen LogP contribution in [0.4, 0.5) is 27.8 Å². The molecule has 0 aromatic carbocycles. The Morgan fingerprint density at radius 1 is 1.38 bits per heavy atom. The first-order valence-corrected chi connectivity index (χ1v) is 8.65. The van der Waals surface area contributed by atoms with Gasteiger partial charge in [-0.3, -0.25) is 4.68 Å². The minimum Gasteiger partial charge on any atom is -0.476 e. The zero-order valence-electron chi connectivity index (χ0n) is 15.1. The van der Waals surface area contributed by atoms with Gasteiger partial charge in [0, 0.05) is 18.8 Å². The largest absolute Gasteiger partial charge is 0.476 e. The fraction of sp³-hybridized carbons (Fsp3) is 0.438. The first-order chi connectivity index (χ1) is 13.5. The molecule has 0 bridgehead atoms. The number of rotatable bonds is 8. The number of hydrogen-bond donors (Lipinski definition) is 2. The van der Waals surface area contributed by atoms with Gasteiger partial charge in [-0.2, -0.15) is 27.1 Å². The Balaban J connectivity index is 2.58. The number of carboxylic acids is 1. The topological polar surface area (TPSA) is 89.3 Å². The molecule has 0 radical (unpaired) electrons. The molecule has 0 saturated heterocycles. The molecule has 1 atom stereocenters. The number of hydrogen-bond acceptors (Lipinski definition) is 5. The third-order valence-electron chi connectivity index (χ3n) is 3.86. The van der Waals surface area contributed by atoms with E-state index in [0.717, 1.165) is 16.9 Å². The van der Waals surface area contributed by atoms with Gasteiger partial charge in [0.2, 0.25) is 0 Å². The standard InChI is InChI=1S/C16H16ClF5N4O3/c1-3-9(16(20,21)22)24-10-5-8(29-15(18)19)7(6-23-10)13-11(17)12(14(27)28)25-26(13)4-2/h5-6,9,15H,3-4H2,1-2H3,(H,23,24)(H,27,28). The van der Waals surface area contributed by atoms with Crippen LogP contribution in [-0.2, 0) is 6.54 Å². The number of carboxylic acid groups (broad SMARTS) is 1. The number of aromatic carboxylic acids is 1. The fourth-order valence-corrected chi connectivity index (χ4v) is 2.86. The molecule has 29 heavy (non-hydrogen) atoms.